The second kappa shape index (κ2) is 21.7. The van der Waals surface area contributed by atoms with Gasteiger partial charge in [-0.2, -0.15) is 127 Å². The van der Waals surface area contributed by atoms with Gasteiger partial charge in [-0.05, 0) is 36.4 Å². The van der Waals surface area contributed by atoms with Crippen molar-refractivity contribution in [2.45, 2.75) is 58.1 Å². The molecule has 6 rings (SSSR count). The predicted octanol–water partition coefficient (Wildman–Crippen LogP) is 16.1. The molecule has 0 saturated carbocycles. The Kier molecular flexibility index (Phi) is 17.6. The van der Waals surface area contributed by atoms with Crippen LogP contribution < -0.4 is 21.9 Å². The van der Waals surface area contributed by atoms with Gasteiger partial charge in [-0.15, -0.1) is 0 Å². The normalized spacial score (nSPS) is 14.3. The third kappa shape index (κ3) is 15.2. The first-order valence-corrected chi connectivity index (χ1v) is 24.3. The third-order valence-electron chi connectivity index (χ3n) is 11.6. The van der Waals surface area contributed by atoms with Crippen LogP contribution in [0.15, 0.2) is 132 Å². The lowest BCUT2D eigenvalue weighted by Crippen LogP contribution is -2.75. The molecule has 0 fully saturated rings. The van der Waals surface area contributed by atoms with E-state index < -0.39 is 208 Å². The van der Waals surface area contributed by atoms with Gasteiger partial charge < -0.3 is 0 Å². The number of carbonyl (C=O) groups excluding carboxylic acids is 1. The molecule has 6 aromatic carbocycles. The maximum absolute atomic E-state index is 14.2. The fourth-order valence-corrected chi connectivity index (χ4v) is 9.99. The molecule has 0 amide bonds. The standard InChI is InChI=1S/C32H12BF24.C16H14Cl3O2S/c34-25(35,36)13-1-14(26(37,38)39)6-21(5-13)33(22-7-15(27(40,41)42)2-16(8-22)28(43,44)45,23-9-17(29(46,47)48)3-18(10-23)30(49,50)51)24-11-19(31(52,53)54)4-20(12-24)32(55,56)57;1-22(21,14-5-3-2-4-6-14)11-15(20)12-7-9-13(10-8-12)16(17,18)19/h1-12H;2-10H,11H2,1H3/q-1;+1. The van der Waals surface area contributed by atoms with Crippen molar-refractivity contribution in [2.24, 2.45) is 0 Å². The Hall–Kier alpha value is -5.61. The summed E-state index contributed by atoms with van der Waals surface area (Å²) in [7, 11) is -2.42. The molecule has 0 aliphatic heterocycles. The van der Waals surface area contributed by atoms with Crippen molar-refractivity contribution in [2.75, 3.05) is 12.0 Å². The molecule has 1 unspecified atom stereocenters. The molecule has 0 aliphatic carbocycles. The zero-order valence-electron chi connectivity index (χ0n) is 38.3. The van der Waals surface area contributed by atoms with Crippen LogP contribution in [0.3, 0.4) is 0 Å². The Morgan fingerprint density at radius 3 is 0.797 bits per heavy atom. The summed E-state index contributed by atoms with van der Waals surface area (Å²) in [5, 5.41) is 0. The second-order valence-electron chi connectivity index (χ2n) is 17.2. The molecular formula is C48H26BCl3F24O2S. The Morgan fingerprint density at radius 2 is 0.595 bits per heavy atom. The summed E-state index contributed by atoms with van der Waals surface area (Å²) in [6.45, 7) is 0. The van der Waals surface area contributed by atoms with Crippen molar-refractivity contribution in [1.82, 2.24) is 0 Å². The first kappa shape index (κ1) is 64.2. The van der Waals surface area contributed by atoms with Crippen molar-refractivity contribution in [3.63, 3.8) is 0 Å². The SMILES string of the molecule is C[S+](=O)(CC(=O)c1ccc(C(Cl)(Cl)Cl)cc1)c1ccccc1.FC(F)(F)c1cc([B-](c2cc(C(F)(F)F)cc(C(F)(F)F)c2)(c2cc(C(F)(F)F)cc(C(F)(F)F)c2)c2cc(C(F)(F)F)cc(C(F)(F)F)c2)cc(C(F)(F)F)c1. The van der Waals surface area contributed by atoms with E-state index in [0.29, 0.717) is 16.0 Å². The van der Waals surface area contributed by atoms with E-state index in [0.717, 1.165) is 0 Å². The molecule has 0 bridgehead atoms. The number of ketones is 1. The Labute approximate surface area is 444 Å². The molecule has 428 valence electrons. The quantitative estimate of drug-likeness (QED) is 0.0500. The van der Waals surface area contributed by atoms with Crippen LogP contribution in [-0.2, 0) is 67.3 Å². The summed E-state index contributed by atoms with van der Waals surface area (Å²) in [5.74, 6) is -0.253. The van der Waals surface area contributed by atoms with E-state index in [4.69, 9.17) is 34.8 Å². The summed E-state index contributed by atoms with van der Waals surface area (Å²) in [6.07, 6.45) is -53.2. The maximum atomic E-state index is 14.2. The molecule has 0 heterocycles. The van der Waals surface area contributed by atoms with Crippen LogP contribution in [0.25, 0.3) is 0 Å². The lowest BCUT2D eigenvalue weighted by Gasteiger charge is -2.46. The molecule has 79 heavy (non-hydrogen) atoms. The van der Waals surface area contributed by atoms with Crippen LogP contribution in [0.4, 0.5) is 105 Å². The van der Waals surface area contributed by atoms with Gasteiger partial charge in [0.25, 0.3) is 0 Å². The summed E-state index contributed by atoms with van der Waals surface area (Å²) >= 11 is 17.3. The van der Waals surface area contributed by atoms with E-state index in [1.54, 1.807) is 54.8 Å². The molecule has 0 radical (unpaired) electrons. The van der Waals surface area contributed by atoms with Crippen LogP contribution in [0.1, 0.15) is 60.4 Å². The van der Waals surface area contributed by atoms with Gasteiger partial charge in [0.1, 0.15) is 22.3 Å². The van der Waals surface area contributed by atoms with E-state index in [1.807, 2.05) is 6.07 Å². The highest BCUT2D eigenvalue weighted by atomic mass is 35.6. The van der Waals surface area contributed by atoms with Gasteiger partial charge in [-0.3, -0.25) is 4.79 Å². The molecule has 2 nitrogen and oxygen atoms in total. The van der Waals surface area contributed by atoms with Crippen molar-refractivity contribution in [1.29, 1.82) is 0 Å². The maximum Gasteiger partial charge on any atom is 0.416 e. The Morgan fingerprint density at radius 1 is 0.367 bits per heavy atom. The van der Waals surface area contributed by atoms with Crippen LogP contribution in [0, 0.1) is 0 Å². The fraction of sp³-hybridized carbons (Fsp3) is 0.229. The number of alkyl halides is 27. The molecule has 1 atom stereocenters. The van der Waals surface area contributed by atoms with Crippen molar-refractivity contribution >= 4 is 78.5 Å². The van der Waals surface area contributed by atoms with E-state index >= 15 is 0 Å². The van der Waals surface area contributed by atoms with E-state index in [9.17, 15) is 114 Å². The van der Waals surface area contributed by atoms with Crippen LogP contribution in [0.5, 0.6) is 0 Å². The van der Waals surface area contributed by atoms with Gasteiger partial charge in [0.2, 0.25) is 9.58 Å². The highest BCUT2D eigenvalue weighted by molar-refractivity contribution is 8.03. The summed E-state index contributed by atoms with van der Waals surface area (Å²) < 4.78 is 352. The minimum Gasteiger partial charge on any atom is -0.289 e. The predicted molar refractivity (Wildman–Crippen MR) is 244 cm³/mol. The zero-order valence-corrected chi connectivity index (χ0v) is 41.4. The monoisotopic (exact) mass is 1240 g/mol. The second-order valence-corrected chi connectivity index (χ2v) is 22.2. The molecule has 0 aromatic heterocycles. The molecule has 0 aliphatic rings. The van der Waals surface area contributed by atoms with Crippen LogP contribution in [0.2, 0.25) is 0 Å². The molecule has 0 spiro atoms. The Balaban J connectivity index is 0.000000433. The largest absolute Gasteiger partial charge is 0.416 e. The molecule has 31 heteroatoms. The first-order valence-electron chi connectivity index (χ1n) is 21.0. The number of halogens is 27. The fourth-order valence-electron chi connectivity index (χ4n) is 8.04. The van der Waals surface area contributed by atoms with Crippen LogP contribution >= 0.6 is 34.8 Å². The van der Waals surface area contributed by atoms with Crippen LogP contribution in [-0.4, -0.2) is 23.9 Å². The average Bonchev–Trinajstić information content (AvgIpc) is 3.29. The number of carbonyl (C=O) groups is 1. The topological polar surface area (TPSA) is 34.1 Å². The number of hydrogen-bond acceptors (Lipinski definition) is 2. The van der Waals surface area contributed by atoms with Crippen molar-refractivity contribution in [3.05, 3.63) is 183 Å². The lowest BCUT2D eigenvalue weighted by atomic mass is 9.12. The first-order chi connectivity index (χ1) is 35.5. The van der Waals surface area contributed by atoms with Crippen molar-refractivity contribution < 1.29 is 114 Å². The molecule has 0 saturated heterocycles. The molecular weight excluding hydrogens is 1210 g/mol. The number of benzene rings is 6. The molecule has 0 N–H and O–H groups in total. The van der Waals surface area contributed by atoms with Gasteiger partial charge in [0, 0.05) is 11.1 Å². The number of Topliss-reactive ketones (excluding diaryl/α,β-unsaturated/α-hetero) is 1. The zero-order chi connectivity index (χ0) is 60.3. The summed E-state index contributed by atoms with van der Waals surface area (Å²) in [4.78, 5) is 13.0. The van der Waals surface area contributed by atoms with Crippen molar-refractivity contribution in [3.8, 4) is 0 Å². The highest BCUT2D eigenvalue weighted by Gasteiger charge is 2.47. The number of rotatable bonds is 8. The van der Waals surface area contributed by atoms with Gasteiger partial charge in [-0.25, -0.2) is 0 Å². The average molecular weight is 1240 g/mol. The van der Waals surface area contributed by atoms with Gasteiger partial charge in [0.05, 0.1) is 44.5 Å². The minimum absolute atomic E-state index is 0.0515. The Bertz CT molecular complexity index is 2800. The summed E-state index contributed by atoms with van der Waals surface area (Å²) in [6, 6.07) is 6.51. The minimum atomic E-state index is -6.13. The summed E-state index contributed by atoms with van der Waals surface area (Å²) in [5.41, 5.74) is -29.3. The van der Waals surface area contributed by atoms with E-state index in [2.05, 4.69) is 0 Å². The highest BCUT2D eigenvalue weighted by Crippen LogP contribution is 2.42. The van der Waals surface area contributed by atoms with Gasteiger partial charge >= 0.3 is 49.4 Å². The smallest absolute Gasteiger partial charge is 0.289 e. The van der Waals surface area contributed by atoms with E-state index in [-0.39, 0.29) is 11.5 Å². The van der Waals surface area contributed by atoms with Gasteiger partial charge in [0.15, 0.2) is 10.6 Å². The third-order valence-corrected chi connectivity index (χ3v) is 14.4. The molecule has 6 aromatic rings. The van der Waals surface area contributed by atoms with E-state index in [1.165, 1.54) is 0 Å². The number of hydrogen-bond donors (Lipinski definition) is 0. The lowest BCUT2D eigenvalue weighted by molar-refractivity contribution is -0.144. The van der Waals surface area contributed by atoms with Gasteiger partial charge in [-0.1, -0.05) is 130 Å².